The molecular formula is C26H36O4. The lowest BCUT2D eigenvalue weighted by Gasteiger charge is -2.61. The predicted molar refractivity (Wildman–Crippen MR) is 115 cm³/mol. The number of ether oxygens (including phenoxy) is 1. The zero-order valence-corrected chi connectivity index (χ0v) is 18.7. The summed E-state index contributed by atoms with van der Waals surface area (Å²) in [6.07, 6.45) is 10.9. The van der Waals surface area contributed by atoms with E-state index in [1.54, 1.807) is 0 Å². The Labute approximate surface area is 179 Å². The van der Waals surface area contributed by atoms with Crippen molar-refractivity contribution in [2.24, 2.45) is 34.5 Å². The highest BCUT2D eigenvalue weighted by molar-refractivity contribution is 5.66. The molecule has 4 heteroatoms. The highest BCUT2D eigenvalue weighted by atomic mass is 16.5. The first kappa shape index (κ1) is 20.3. The third-order valence-corrected chi connectivity index (χ3v) is 10.0. The van der Waals surface area contributed by atoms with Gasteiger partial charge in [0.2, 0.25) is 0 Å². The van der Waals surface area contributed by atoms with Gasteiger partial charge in [-0.05, 0) is 98.4 Å². The van der Waals surface area contributed by atoms with Crippen molar-refractivity contribution in [3.05, 3.63) is 34.4 Å². The van der Waals surface area contributed by atoms with Crippen LogP contribution in [0, 0.1) is 34.5 Å². The van der Waals surface area contributed by atoms with Crippen molar-refractivity contribution in [3.8, 4) is 0 Å². The minimum atomic E-state index is -0.217. The Kier molecular flexibility index (Phi) is 4.91. The largest absolute Gasteiger partial charge is 0.463 e. The first-order valence-corrected chi connectivity index (χ1v) is 12.1. The Balaban J connectivity index is 1.37. The van der Waals surface area contributed by atoms with E-state index in [9.17, 15) is 9.59 Å². The molecule has 1 aromatic heterocycles. The zero-order chi connectivity index (χ0) is 21.1. The van der Waals surface area contributed by atoms with Crippen molar-refractivity contribution in [2.45, 2.75) is 90.6 Å². The second-order valence-corrected chi connectivity index (χ2v) is 11.2. The summed E-state index contributed by atoms with van der Waals surface area (Å²) in [5, 5.41) is 0. The first-order chi connectivity index (χ1) is 14.3. The molecule has 4 saturated carbocycles. The van der Waals surface area contributed by atoms with E-state index >= 15 is 0 Å². The fourth-order valence-electron chi connectivity index (χ4n) is 8.62. The van der Waals surface area contributed by atoms with Crippen LogP contribution in [0.1, 0.15) is 90.2 Å². The van der Waals surface area contributed by atoms with Gasteiger partial charge in [0.25, 0.3) is 0 Å². The SMILES string of the molecule is CC(=O)OC1CC[C@@]2(C)C(CC[C@@H]3[C@@H]2CC[C@]2(C)C(c4cccc(=O)o4)CC[C@@H]32)C1. The van der Waals surface area contributed by atoms with Gasteiger partial charge in [-0.1, -0.05) is 19.9 Å². The zero-order valence-electron chi connectivity index (χ0n) is 18.7. The molecule has 5 rings (SSSR count). The molecule has 1 aromatic rings. The summed E-state index contributed by atoms with van der Waals surface area (Å²) in [7, 11) is 0. The molecule has 164 valence electrons. The van der Waals surface area contributed by atoms with E-state index in [2.05, 4.69) is 13.8 Å². The number of esters is 1. The van der Waals surface area contributed by atoms with Gasteiger partial charge in [0.1, 0.15) is 11.9 Å². The fraction of sp³-hybridized carbons (Fsp3) is 0.769. The molecule has 8 atom stereocenters. The lowest BCUT2D eigenvalue weighted by molar-refractivity contribution is -0.159. The van der Waals surface area contributed by atoms with Gasteiger partial charge in [-0.3, -0.25) is 4.79 Å². The van der Waals surface area contributed by atoms with Gasteiger partial charge < -0.3 is 9.15 Å². The summed E-state index contributed by atoms with van der Waals surface area (Å²) in [5.74, 6) is 4.15. The maximum Gasteiger partial charge on any atom is 0.335 e. The van der Waals surface area contributed by atoms with Gasteiger partial charge >= 0.3 is 11.6 Å². The van der Waals surface area contributed by atoms with Crippen molar-refractivity contribution in [3.63, 3.8) is 0 Å². The van der Waals surface area contributed by atoms with Crippen molar-refractivity contribution in [2.75, 3.05) is 0 Å². The second-order valence-electron chi connectivity index (χ2n) is 11.2. The Morgan fingerprint density at radius 1 is 1.00 bits per heavy atom. The third-order valence-electron chi connectivity index (χ3n) is 10.0. The summed E-state index contributed by atoms with van der Waals surface area (Å²) in [4.78, 5) is 23.3. The minimum absolute atomic E-state index is 0.128. The maximum atomic E-state index is 11.8. The van der Waals surface area contributed by atoms with E-state index in [-0.39, 0.29) is 23.1 Å². The molecule has 0 amide bonds. The van der Waals surface area contributed by atoms with Crippen LogP contribution in [0.2, 0.25) is 0 Å². The van der Waals surface area contributed by atoms with Gasteiger partial charge in [0, 0.05) is 18.9 Å². The molecule has 30 heavy (non-hydrogen) atoms. The first-order valence-electron chi connectivity index (χ1n) is 12.1. The molecule has 0 aliphatic heterocycles. The van der Waals surface area contributed by atoms with Gasteiger partial charge in [0.05, 0.1) is 0 Å². The van der Waals surface area contributed by atoms with Crippen LogP contribution >= 0.6 is 0 Å². The molecule has 0 bridgehead atoms. The lowest BCUT2D eigenvalue weighted by Crippen LogP contribution is -2.54. The maximum absolute atomic E-state index is 11.8. The van der Waals surface area contributed by atoms with Crippen molar-refractivity contribution in [1.82, 2.24) is 0 Å². The van der Waals surface area contributed by atoms with Crippen molar-refractivity contribution < 1.29 is 13.9 Å². The Morgan fingerprint density at radius 2 is 1.77 bits per heavy atom. The number of carbonyl (C=O) groups is 1. The van der Waals surface area contributed by atoms with E-state index in [0.717, 1.165) is 42.8 Å². The molecule has 0 aromatic carbocycles. The molecule has 4 aliphatic carbocycles. The van der Waals surface area contributed by atoms with E-state index in [0.29, 0.717) is 17.3 Å². The number of carbonyl (C=O) groups excluding carboxylic acids is 1. The quantitative estimate of drug-likeness (QED) is 0.585. The summed E-state index contributed by atoms with van der Waals surface area (Å²) in [5.41, 5.74) is 0.417. The number of fused-ring (bicyclic) bond motifs is 5. The molecule has 0 spiro atoms. The second kappa shape index (κ2) is 7.24. The van der Waals surface area contributed by atoms with Crippen LogP contribution in [0.4, 0.5) is 0 Å². The molecule has 1 heterocycles. The normalized spacial score (nSPS) is 45.2. The average Bonchev–Trinajstić information content (AvgIpc) is 3.05. The van der Waals surface area contributed by atoms with Crippen molar-refractivity contribution >= 4 is 5.97 Å². The fourth-order valence-corrected chi connectivity index (χ4v) is 8.62. The third kappa shape index (κ3) is 3.08. The van der Waals surface area contributed by atoms with E-state index in [4.69, 9.17) is 9.15 Å². The molecule has 4 aliphatic rings. The summed E-state index contributed by atoms with van der Waals surface area (Å²) >= 11 is 0. The van der Waals surface area contributed by atoms with Crippen molar-refractivity contribution in [1.29, 1.82) is 0 Å². The van der Waals surface area contributed by atoms with Crippen LogP contribution in [0.25, 0.3) is 0 Å². The van der Waals surface area contributed by atoms with E-state index in [1.165, 1.54) is 51.5 Å². The van der Waals surface area contributed by atoms with Crippen LogP contribution in [-0.4, -0.2) is 12.1 Å². The Hall–Kier alpha value is -1.58. The molecule has 0 saturated heterocycles. The topological polar surface area (TPSA) is 56.5 Å². The van der Waals surface area contributed by atoms with Crippen LogP contribution in [0.5, 0.6) is 0 Å². The Morgan fingerprint density at radius 3 is 2.53 bits per heavy atom. The minimum Gasteiger partial charge on any atom is -0.463 e. The average molecular weight is 413 g/mol. The molecule has 0 N–H and O–H groups in total. The van der Waals surface area contributed by atoms with Gasteiger partial charge in [-0.25, -0.2) is 4.79 Å². The van der Waals surface area contributed by atoms with Gasteiger partial charge in [0.15, 0.2) is 0 Å². The summed E-state index contributed by atoms with van der Waals surface area (Å²) in [6, 6.07) is 5.40. The Bertz CT molecular complexity index is 874. The standard InChI is InChI=1S/C26H36O4/c1-16(27)29-18-11-13-25(2)17(15-18)7-8-19-20-9-10-22(23-5-4-6-24(28)30-23)26(20,3)14-12-21(19)25/h4-6,17-22H,7-15H2,1-3H3/t17?,18?,19-,20-,21-,22?,25-,26-/m0/s1. The smallest absolute Gasteiger partial charge is 0.335 e. The molecule has 3 unspecified atom stereocenters. The number of hydrogen-bond acceptors (Lipinski definition) is 4. The molecule has 0 radical (unpaired) electrons. The highest BCUT2D eigenvalue weighted by Gasteiger charge is 2.60. The van der Waals surface area contributed by atoms with Gasteiger partial charge in [-0.15, -0.1) is 0 Å². The summed E-state index contributed by atoms with van der Waals surface area (Å²) in [6.45, 7) is 6.56. The number of rotatable bonds is 2. The van der Waals surface area contributed by atoms with Crippen LogP contribution < -0.4 is 5.63 Å². The van der Waals surface area contributed by atoms with Crippen LogP contribution in [0.3, 0.4) is 0 Å². The predicted octanol–water partition coefficient (Wildman–Crippen LogP) is 5.70. The van der Waals surface area contributed by atoms with E-state index < -0.39 is 0 Å². The summed E-state index contributed by atoms with van der Waals surface area (Å²) < 4.78 is 11.3. The molecule has 4 fully saturated rings. The number of hydrogen-bond donors (Lipinski definition) is 0. The lowest BCUT2D eigenvalue weighted by atomic mass is 9.44. The monoisotopic (exact) mass is 412 g/mol. The van der Waals surface area contributed by atoms with Crippen LogP contribution in [-0.2, 0) is 9.53 Å². The van der Waals surface area contributed by atoms with Gasteiger partial charge in [-0.2, -0.15) is 0 Å². The highest BCUT2D eigenvalue weighted by Crippen LogP contribution is 2.69. The molecular weight excluding hydrogens is 376 g/mol. The molecule has 4 nitrogen and oxygen atoms in total. The van der Waals surface area contributed by atoms with E-state index in [1.807, 2.05) is 12.1 Å². The van der Waals surface area contributed by atoms with Crippen LogP contribution in [0.15, 0.2) is 27.4 Å².